The van der Waals surface area contributed by atoms with Crippen LogP contribution in [0.15, 0.2) is 42.5 Å². The van der Waals surface area contributed by atoms with Gasteiger partial charge in [-0.3, -0.25) is 4.79 Å². The number of para-hydroxylation sites is 1. The fourth-order valence-corrected chi connectivity index (χ4v) is 3.44. The van der Waals surface area contributed by atoms with Crippen LogP contribution in [-0.4, -0.2) is 47.1 Å². The van der Waals surface area contributed by atoms with Crippen LogP contribution in [0.4, 0.5) is 5.82 Å². The van der Waals surface area contributed by atoms with E-state index in [2.05, 4.69) is 11.9 Å². The summed E-state index contributed by atoms with van der Waals surface area (Å²) >= 11 is 0. The Morgan fingerprint density at radius 2 is 1.89 bits per heavy atom. The minimum atomic E-state index is -0.0545. The van der Waals surface area contributed by atoms with Gasteiger partial charge in [0.2, 0.25) is 0 Å². The lowest BCUT2D eigenvalue weighted by molar-refractivity contribution is 0.0299. The third-order valence-electron chi connectivity index (χ3n) is 4.86. The second-order valence-electron chi connectivity index (χ2n) is 6.56. The van der Waals surface area contributed by atoms with Crippen molar-refractivity contribution in [1.29, 1.82) is 0 Å². The lowest BCUT2D eigenvalue weighted by Gasteiger charge is -2.26. The standard InChI is InChI=1S/C21H22N4O2/c1-2-17-15(7-9-19(22)23-17)16-5-3-4-14-6-8-18(24-20(14)16)21(26)25-10-12-27-13-11-25/h3-9H,2,10-13H2,1H3,(H2,22,23). The predicted octanol–water partition coefficient (Wildman–Crippen LogP) is 2.91. The summed E-state index contributed by atoms with van der Waals surface area (Å²) in [6.07, 6.45) is 0.767. The summed E-state index contributed by atoms with van der Waals surface area (Å²) in [5, 5.41) is 0.991. The molecule has 0 aliphatic carbocycles. The van der Waals surface area contributed by atoms with Crippen molar-refractivity contribution in [3.8, 4) is 11.1 Å². The molecule has 1 aliphatic heterocycles. The molecule has 3 aromatic rings. The molecule has 6 nitrogen and oxygen atoms in total. The predicted molar refractivity (Wildman–Crippen MR) is 105 cm³/mol. The number of carbonyl (C=O) groups is 1. The van der Waals surface area contributed by atoms with E-state index in [1.165, 1.54) is 0 Å². The molecule has 138 valence electrons. The lowest BCUT2D eigenvalue weighted by Crippen LogP contribution is -2.41. The number of rotatable bonds is 3. The molecule has 27 heavy (non-hydrogen) atoms. The van der Waals surface area contributed by atoms with Crippen LogP contribution in [0.5, 0.6) is 0 Å². The Kier molecular flexibility index (Phi) is 4.73. The first-order valence-corrected chi connectivity index (χ1v) is 9.20. The Balaban J connectivity index is 1.81. The normalized spacial score (nSPS) is 14.5. The quantitative estimate of drug-likeness (QED) is 0.775. The zero-order valence-electron chi connectivity index (χ0n) is 15.3. The molecule has 6 heteroatoms. The van der Waals surface area contributed by atoms with E-state index in [9.17, 15) is 4.79 Å². The Hall–Kier alpha value is -2.99. The van der Waals surface area contributed by atoms with Crippen molar-refractivity contribution >= 4 is 22.6 Å². The van der Waals surface area contributed by atoms with Crippen LogP contribution in [0.3, 0.4) is 0 Å². The molecule has 1 aromatic carbocycles. The van der Waals surface area contributed by atoms with Gasteiger partial charge in [0.25, 0.3) is 5.91 Å². The molecule has 3 heterocycles. The number of aryl methyl sites for hydroxylation is 1. The number of hydrogen-bond donors (Lipinski definition) is 1. The van der Waals surface area contributed by atoms with E-state index in [0.717, 1.165) is 34.1 Å². The SMILES string of the molecule is CCc1nc(N)ccc1-c1cccc2ccc(C(=O)N3CCOCC3)nc12. The zero-order chi connectivity index (χ0) is 18.8. The van der Waals surface area contributed by atoms with E-state index < -0.39 is 0 Å². The zero-order valence-corrected chi connectivity index (χ0v) is 15.3. The summed E-state index contributed by atoms with van der Waals surface area (Å²) in [6.45, 7) is 4.39. The van der Waals surface area contributed by atoms with Crippen LogP contribution in [-0.2, 0) is 11.2 Å². The maximum atomic E-state index is 12.8. The third-order valence-corrected chi connectivity index (χ3v) is 4.86. The van der Waals surface area contributed by atoms with Crippen molar-refractivity contribution in [2.75, 3.05) is 32.0 Å². The monoisotopic (exact) mass is 362 g/mol. The van der Waals surface area contributed by atoms with E-state index in [0.29, 0.717) is 37.8 Å². The van der Waals surface area contributed by atoms with Gasteiger partial charge in [0.15, 0.2) is 0 Å². The first kappa shape index (κ1) is 17.4. The number of pyridine rings is 2. The van der Waals surface area contributed by atoms with Crippen molar-refractivity contribution in [2.45, 2.75) is 13.3 Å². The van der Waals surface area contributed by atoms with Gasteiger partial charge < -0.3 is 15.4 Å². The third kappa shape index (κ3) is 3.36. The number of nitrogens with zero attached hydrogens (tertiary/aromatic N) is 3. The lowest BCUT2D eigenvalue weighted by atomic mass is 9.99. The minimum absolute atomic E-state index is 0.0545. The molecular weight excluding hydrogens is 340 g/mol. The van der Waals surface area contributed by atoms with Crippen LogP contribution in [0.25, 0.3) is 22.0 Å². The topological polar surface area (TPSA) is 81.3 Å². The van der Waals surface area contributed by atoms with Gasteiger partial charge in [-0.15, -0.1) is 0 Å². The van der Waals surface area contributed by atoms with Gasteiger partial charge in [0.1, 0.15) is 11.5 Å². The molecule has 0 saturated carbocycles. The number of ether oxygens (including phenoxy) is 1. The highest BCUT2D eigenvalue weighted by Gasteiger charge is 2.20. The highest BCUT2D eigenvalue weighted by atomic mass is 16.5. The molecule has 0 unspecified atom stereocenters. The van der Waals surface area contributed by atoms with Crippen molar-refractivity contribution in [3.05, 3.63) is 53.9 Å². The molecule has 0 radical (unpaired) electrons. The fraction of sp³-hybridized carbons (Fsp3) is 0.286. The van der Waals surface area contributed by atoms with Crippen LogP contribution >= 0.6 is 0 Å². The first-order valence-electron chi connectivity index (χ1n) is 9.20. The molecule has 1 aliphatic rings. The van der Waals surface area contributed by atoms with Crippen molar-refractivity contribution in [3.63, 3.8) is 0 Å². The van der Waals surface area contributed by atoms with Crippen LogP contribution in [0.1, 0.15) is 23.1 Å². The maximum absolute atomic E-state index is 12.8. The van der Waals surface area contributed by atoms with Crippen LogP contribution in [0, 0.1) is 0 Å². The molecule has 2 aromatic heterocycles. The van der Waals surface area contributed by atoms with Crippen molar-refractivity contribution in [1.82, 2.24) is 14.9 Å². The number of morpholine rings is 1. The summed E-state index contributed by atoms with van der Waals surface area (Å²) < 4.78 is 5.34. The molecule has 0 atom stereocenters. The van der Waals surface area contributed by atoms with Gasteiger partial charge in [0, 0.05) is 29.6 Å². The molecule has 0 bridgehead atoms. The highest BCUT2D eigenvalue weighted by Crippen LogP contribution is 2.30. The number of nitrogen functional groups attached to an aromatic ring is 1. The smallest absolute Gasteiger partial charge is 0.272 e. The molecule has 1 fully saturated rings. The van der Waals surface area contributed by atoms with E-state index in [4.69, 9.17) is 15.5 Å². The molecular formula is C21H22N4O2. The number of amides is 1. The van der Waals surface area contributed by atoms with Crippen LogP contribution < -0.4 is 5.73 Å². The largest absolute Gasteiger partial charge is 0.384 e. The second-order valence-corrected chi connectivity index (χ2v) is 6.56. The molecule has 1 saturated heterocycles. The van der Waals surface area contributed by atoms with Gasteiger partial charge in [-0.05, 0) is 24.6 Å². The summed E-state index contributed by atoms with van der Waals surface area (Å²) in [6, 6.07) is 13.6. The summed E-state index contributed by atoms with van der Waals surface area (Å²) in [5.41, 5.74) is 10.0. The van der Waals surface area contributed by atoms with Gasteiger partial charge in [-0.1, -0.05) is 31.2 Å². The number of carbonyl (C=O) groups excluding carboxylic acids is 1. The van der Waals surface area contributed by atoms with Gasteiger partial charge in [-0.2, -0.15) is 0 Å². The highest BCUT2D eigenvalue weighted by molar-refractivity contribution is 5.99. The van der Waals surface area contributed by atoms with E-state index in [1.54, 1.807) is 17.0 Å². The Bertz CT molecular complexity index is 997. The van der Waals surface area contributed by atoms with Crippen molar-refractivity contribution in [2.24, 2.45) is 0 Å². The average molecular weight is 362 g/mol. The molecule has 4 rings (SSSR count). The molecule has 2 N–H and O–H groups in total. The number of aromatic nitrogens is 2. The van der Waals surface area contributed by atoms with E-state index >= 15 is 0 Å². The van der Waals surface area contributed by atoms with E-state index in [1.807, 2.05) is 30.3 Å². The molecule has 0 spiro atoms. The Labute approximate surface area is 158 Å². The minimum Gasteiger partial charge on any atom is -0.384 e. The molecule has 1 amide bonds. The maximum Gasteiger partial charge on any atom is 0.272 e. The van der Waals surface area contributed by atoms with Gasteiger partial charge in [0.05, 0.1) is 24.4 Å². The Morgan fingerprint density at radius 3 is 2.67 bits per heavy atom. The number of fused-ring (bicyclic) bond motifs is 1. The summed E-state index contributed by atoms with van der Waals surface area (Å²) in [4.78, 5) is 23.8. The summed E-state index contributed by atoms with van der Waals surface area (Å²) in [7, 11) is 0. The Morgan fingerprint density at radius 1 is 1.07 bits per heavy atom. The van der Waals surface area contributed by atoms with Crippen LogP contribution in [0.2, 0.25) is 0 Å². The van der Waals surface area contributed by atoms with Gasteiger partial charge >= 0.3 is 0 Å². The number of anilines is 1. The first-order chi connectivity index (χ1) is 13.2. The second kappa shape index (κ2) is 7.32. The number of nitrogens with two attached hydrogens (primary N) is 1. The number of hydrogen-bond acceptors (Lipinski definition) is 5. The number of benzene rings is 1. The summed E-state index contributed by atoms with van der Waals surface area (Å²) in [5.74, 6) is 0.452. The van der Waals surface area contributed by atoms with Crippen molar-refractivity contribution < 1.29 is 9.53 Å². The van der Waals surface area contributed by atoms with E-state index in [-0.39, 0.29) is 5.91 Å². The average Bonchev–Trinajstić information content (AvgIpc) is 2.73. The fourth-order valence-electron chi connectivity index (χ4n) is 3.44. The van der Waals surface area contributed by atoms with Gasteiger partial charge in [-0.25, -0.2) is 9.97 Å².